The number of aryl methyl sites for hydroxylation is 1. The van der Waals surface area contributed by atoms with E-state index in [4.69, 9.17) is 4.42 Å². The molecule has 3 heteroatoms. The Morgan fingerprint density at radius 1 is 1.19 bits per heavy atom. The Bertz CT molecular complexity index is 624. The largest absolute Gasteiger partial charge is 0.441 e. The van der Waals surface area contributed by atoms with Gasteiger partial charge in [-0.1, -0.05) is 33.6 Å². The van der Waals surface area contributed by atoms with Gasteiger partial charge < -0.3 is 9.73 Å². The van der Waals surface area contributed by atoms with Gasteiger partial charge in [0, 0.05) is 18.7 Å². The first-order valence-corrected chi connectivity index (χ1v) is 8.07. The molecule has 3 rings (SSSR count). The molecule has 0 amide bonds. The number of anilines is 1. The summed E-state index contributed by atoms with van der Waals surface area (Å²) in [4.78, 5) is 4.43. The Kier molecular flexibility index (Phi) is 3.68. The van der Waals surface area contributed by atoms with Crippen molar-refractivity contribution in [2.24, 2.45) is 11.3 Å². The number of hydrogen-bond donors (Lipinski definition) is 1. The average Bonchev–Trinajstić information content (AvgIpc) is 2.77. The van der Waals surface area contributed by atoms with Gasteiger partial charge in [0.1, 0.15) is 5.52 Å². The fraction of sp³-hybridized carbons (Fsp3) is 0.611. The van der Waals surface area contributed by atoms with E-state index in [1.54, 1.807) is 0 Å². The zero-order valence-corrected chi connectivity index (χ0v) is 13.6. The molecule has 1 heterocycles. The van der Waals surface area contributed by atoms with E-state index in [1.165, 1.54) is 25.7 Å². The first kappa shape index (κ1) is 14.4. The van der Waals surface area contributed by atoms with Gasteiger partial charge in [0.25, 0.3) is 0 Å². The van der Waals surface area contributed by atoms with Crippen molar-refractivity contribution >= 4 is 16.8 Å². The number of nitrogens with one attached hydrogen (secondary N) is 1. The highest BCUT2D eigenvalue weighted by atomic mass is 16.3. The molecule has 1 aromatic carbocycles. The highest BCUT2D eigenvalue weighted by molar-refractivity contribution is 5.77. The molecule has 2 aromatic rings. The highest BCUT2D eigenvalue weighted by Gasteiger charge is 2.34. The number of benzene rings is 1. The molecule has 114 valence electrons. The van der Waals surface area contributed by atoms with E-state index in [-0.39, 0.29) is 0 Å². The van der Waals surface area contributed by atoms with Crippen LogP contribution in [0.2, 0.25) is 0 Å². The van der Waals surface area contributed by atoms with Crippen LogP contribution in [0.4, 0.5) is 5.69 Å². The number of fused-ring (bicyclic) bond motifs is 1. The summed E-state index contributed by atoms with van der Waals surface area (Å²) in [5.41, 5.74) is 3.33. The molecule has 1 aromatic heterocycles. The van der Waals surface area contributed by atoms with Crippen LogP contribution in [0, 0.1) is 18.3 Å². The fourth-order valence-electron chi connectivity index (χ4n) is 3.69. The first-order chi connectivity index (χ1) is 9.93. The number of nitrogens with zero attached hydrogens (tertiary/aromatic N) is 1. The van der Waals surface area contributed by atoms with Gasteiger partial charge in [-0.05, 0) is 42.4 Å². The van der Waals surface area contributed by atoms with E-state index in [0.717, 1.165) is 28.6 Å². The topological polar surface area (TPSA) is 38.1 Å². The van der Waals surface area contributed by atoms with E-state index in [9.17, 15) is 0 Å². The Balaban J connectivity index is 1.82. The van der Waals surface area contributed by atoms with Gasteiger partial charge in [-0.25, -0.2) is 4.98 Å². The van der Waals surface area contributed by atoms with Crippen LogP contribution in [0.5, 0.6) is 0 Å². The van der Waals surface area contributed by atoms with E-state index >= 15 is 0 Å². The van der Waals surface area contributed by atoms with Crippen LogP contribution < -0.4 is 5.32 Å². The number of rotatable bonds is 2. The van der Waals surface area contributed by atoms with E-state index in [1.807, 2.05) is 13.0 Å². The third-order valence-corrected chi connectivity index (χ3v) is 4.72. The number of hydrogen-bond acceptors (Lipinski definition) is 3. The van der Waals surface area contributed by atoms with Crippen LogP contribution in [0.15, 0.2) is 22.6 Å². The molecular weight excluding hydrogens is 260 g/mol. The second kappa shape index (κ2) is 5.36. The van der Waals surface area contributed by atoms with Gasteiger partial charge in [-0.15, -0.1) is 0 Å². The summed E-state index contributed by atoms with van der Waals surface area (Å²) in [7, 11) is 0. The molecule has 2 unspecified atom stereocenters. The van der Waals surface area contributed by atoms with Crippen LogP contribution in [0.3, 0.4) is 0 Å². The van der Waals surface area contributed by atoms with Crippen LogP contribution >= 0.6 is 0 Å². The maximum atomic E-state index is 5.55. The lowest BCUT2D eigenvalue weighted by atomic mass is 9.69. The SMILES string of the molecule is Cc1nc2cc(NC3CCCCC3C(C)(C)C)ccc2o1. The maximum Gasteiger partial charge on any atom is 0.192 e. The minimum absolute atomic E-state index is 0.354. The second-order valence-electron chi connectivity index (χ2n) is 7.42. The van der Waals surface area contributed by atoms with E-state index in [2.05, 4.69) is 43.2 Å². The van der Waals surface area contributed by atoms with Crippen molar-refractivity contribution in [2.45, 2.75) is 59.4 Å². The average molecular weight is 286 g/mol. The van der Waals surface area contributed by atoms with Crippen molar-refractivity contribution in [3.63, 3.8) is 0 Å². The molecule has 1 N–H and O–H groups in total. The van der Waals surface area contributed by atoms with Gasteiger partial charge in [-0.2, -0.15) is 0 Å². The summed E-state index contributed by atoms with van der Waals surface area (Å²) in [6, 6.07) is 6.80. The second-order valence-corrected chi connectivity index (χ2v) is 7.42. The molecule has 1 aliphatic rings. The summed E-state index contributed by atoms with van der Waals surface area (Å²) in [5, 5.41) is 3.76. The first-order valence-electron chi connectivity index (χ1n) is 8.07. The third-order valence-electron chi connectivity index (χ3n) is 4.72. The normalized spacial score (nSPS) is 23.4. The predicted octanol–water partition coefficient (Wildman–Crippen LogP) is 5.15. The Morgan fingerprint density at radius 2 is 1.95 bits per heavy atom. The van der Waals surface area contributed by atoms with Crippen molar-refractivity contribution in [1.82, 2.24) is 4.98 Å². The third kappa shape index (κ3) is 3.07. The van der Waals surface area contributed by atoms with Crippen LogP contribution in [-0.4, -0.2) is 11.0 Å². The predicted molar refractivity (Wildman–Crippen MR) is 87.6 cm³/mol. The monoisotopic (exact) mass is 286 g/mol. The summed E-state index contributed by atoms with van der Waals surface area (Å²) in [6.45, 7) is 8.98. The van der Waals surface area contributed by atoms with Crippen molar-refractivity contribution in [2.75, 3.05) is 5.32 Å². The molecule has 0 bridgehead atoms. The van der Waals surface area contributed by atoms with Crippen LogP contribution in [-0.2, 0) is 0 Å². The highest BCUT2D eigenvalue weighted by Crippen LogP contribution is 2.39. The summed E-state index contributed by atoms with van der Waals surface area (Å²) in [6.07, 6.45) is 5.28. The molecule has 0 saturated heterocycles. The lowest BCUT2D eigenvalue weighted by Gasteiger charge is -2.41. The zero-order valence-electron chi connectivity index (χ0n) is 13.6. The van der Waals surface area contributed by atoms with E-state index in [0.29, 0.717) is 11.5 Å². The molecule has 0 aliphatic heterocycles. The zero-order chi connectivity index (χ0) is 15.0. The Labute approximate surface area is 127 Å². The Hall–Kier alpha value is -1.51. The molecule has 3 nitrogen and oxygen atoms in total. The molecule has 0 spiro atoms. The van der Waals surface area contributed by atoms with Crippen molar-refractivity contribution in [3.05, 3.63) is 24.1 Å². The number of aromatic nitrogens is 1. The quantitative estimate of drug-likeness (QED) is 0.829. The van der Waals surface area contributed by atoms with E-state index < -0.39 is 0 Å². The molecule has 1 saturated carbocycles. The molecule has 21 heavy (non-hydrogen) atoms. The molecule has 1 aliphatic carbocycles. The van der Waals surface area contributed by atoms with Gasteiger partial charge in [0.2, 0.25) is 0 Å². The van der Waals surface area contributed by atoms with Gasteiger partial charge in [-0.3, -0.25) is 0 Å². The van der Waals surface area contributed by atoms with Crippen LogP contribution in [0.25, 0.3) is 11.1 Å². The molecule has 2 atom stereocenters. The van der Waals surface area contributed by atoms with Crippen LogP contribution in [0.1, 0.15) is 52.3 Å². The number of oxazole rings is 1. The lowest BCUT2D eigenvalue weighted by Crippen LogP contribution is -2.39. The minimum Gasteiger partial charge on any atom is -0.441 e. The van der Waals surface area contributed by atoms with Crippen molar-refractivity contribution in [3.8, 4) is 0 Å². The van der Waals surface area contributed by atoms with Crippen molar-refractivity contribution < 1.29 is 4.42 Å². The smallest absolute Gasteiger partial charge is 0.192 e. The molecular formula is C18H26N2O. The standard InChI is InChI=1S/C18H26N2O/c1-12-19-16-11-13(9-10-17(16)21-12)20-15-8-6-5-7-14(15)18(2,3)4/h9-11,14-15,20H,5-8H2,1-4H3. The van der Waals surface area contributed by atoms with Gasteiger partial charge in [0.05, 0.1) is 0 Å². The summed E-state index contributed by atoms with van der Waals surface area (Å²) in [5.74, 6) is 1.45. The molecule has 1 fully saturated rings. The maximum absolute atomic E-state index is 5.55. The summed E-state index contributed by atoms with van der Waals surface area (Å²) >= 11 is 0. The van der Waals surface area contributed by atoms with Crippen molar-refractivity contribution in [1.29, 1.82) is 0 Å². The lowest BCUT2D eigenvalue weighted by molar-refractivity contribution is 0.163. The van der Waals surface area contributed by atoms with Gasteiger partial charge >= 0.3 is 0 Å². The molecule has 0 radical (unpaired) electrons. The fourth-order valence-corrected chi connectivity index (χ4v) is 3.69. The minimum atomic E-state index is 0.354. The Morgan fingerprint density at radius 3 is 2.71 bits per heavy atom. The van der Waals surface area contributed by atoms with Gasteiger partial charge in [0.15, 0.2) is 11.5 Å². The summed E-state index contributed by atoms with van der Waals surface area (Å²) < 4.78 is 5.55.